The van der Waals surface area contributed by atoms with Crippen LogP contribution in [0.1, 0.15) is 40.7 Å². The molecule has 1 aliphatic rings. The van der Waals surface area contributed by atoms with Crippen molar-refractivity contribution >= 4 is 11.9 Å². The van der Waals surface area contributed by atoms with Gasteiger partial charge in [0.15, 0.2) is 0 Å². The van der Waals surface area contributed by atoms with E-state index in [0.717, 1.165) is 0 Å². The molecule has 1 saturated carbocycles. The van der Waals surface area contributed by atoms with Gasteiger partial charge in [0.25, 0.3) is 5.91 Å². The zero-order valence-electron chi connectivity index (χ0n) is 11.6. The molecular formula is C15H18FNO3. The first-order chi connectivity index (χ1) is 9.38. The second kappa shape index (κ2) is 5.61. The molecule has 1 amide bonds. The third-order valence-corrected chi connectivity index (χ3v) is 3.82. The van der Waals surface area contributed by atoms with Gasteiger partial charge in [-0.15, -0.1) is 0 Å². The summed E-state index contributed by atoms with van der Waals surface area (Å²) >= 11 is 0. The molecule has 0 saturated heterocycles. The van der Waals surface area contributed by atoms with E-state index in [0.29, 0.717) is 36.0 Å². The van der Waals surface area contributed by atoms with Crippen molar-refractivity contribution in [2.45, 2.75) is 39.2 Å². The summed E-state index contributed by atoms with van der Waals surface area (Å²) in [4.78, 5) is 23.0. The SMILES string of the molecule is Cc1cc(C(=O)N[C@H]2CC[C@@H](C(=O)O)C2)cc(C)c1F. The highest BCUT2D eigenvalue weighted by atomic mass is 19.1. The number of hydrogen-bond donors (Lipinski definition) is 2. The van der Waals surface area contributed by atoms with Gasteiger partial charge < -0.3 is 10.4 Å². The summed E-state index contributed by atoms with van der Waals surface area (Å²) in [6, 6.07) is 2.91. The Labute approximate surface area is 117 Å². The van der Waals surface area contributed by atoms with Crippen molar-refractivity contribution in [3.8, 4) is 0 Å². The van der Waals surface area contributed by atoms with Crippen LogP contribution in [0.15, 0.2) is 12.1 Å². The fourth-order valence-corrected chi connectivity index (χ4v) is 2.68. The van der Waals surface area contributed by atoms with Crippen molar-refractivity contribution in [2.75, 3.05) is 0 Å². The molecule has 1 aromatic carbocycles. The van der Waals surface area contributed by atoms with E-state index in [-0.39, 0.29) is 23.7 Å². The number of nitrogens with one attached hydrogen (secondary N) is 1. The summed E-state index contributed by atoms with van der Waals surface area (Å²) in [6.45, 7) is 3.24. The first-order valence-electron chi connectivity index (χ1n) is 6.69. The minimum Gasteiger partial charge on any atom is -0.481 e. The average Bonchev–Trinajstić information content (AvgIpc) is 2.84. The molecule has 0 bridgehead atoms. The third-order valence-electron chi connectivity index (χ3n) is 3.82. The highest BCUT2D eigenvalue weighted by Crippen LogP contribution is 2.26. The van der Waals surface area contributed by atoms with Gasteiger partial charge in [0.2, 0.25) is 0 Å². The lowest BCUT2D eigenvalue weighted by Gasteiger charge is -2.13. The normalized spacial score (nSPS) is 21.8. The Balaban J connectivity index is 2.04. The number of aryl methyl sites for hydroxylation is 2. The van der Waals surface area contributed by atoms with Crippen LogP contribution in [0.5, 0.6) is 0 Å². The van der Waals surface area contributed by atoms with Crippen LogP contribution in [0.4, 0.5) is 4.39 Å². The van der Waals surface area contributed by atoms with E-state index in [2.05, 4.69) is 5.32 Å². The van der Waals surface area contributed by atoms with Crippen LogP contribution in [0.25, 0.3) is 0 Å². The number of rotatable bonds is 3. The lowest BCUT2D eigenvalue weighted by molar-refractivity contribution is -0.141. The minimum absolute atomic E-state index is 0.116. The monoisotopic (exact) mass is 279 g/mol. The predicted molar refractivity (Wildman–Crippen MR) is 72.1 cm³/mol. The van der Waals surface area contributed by atoms with Gasteiger partial charge in [0, 0.05) is 11.6 Å². The Bertz CT molecular complexity index is 533. The minimum atomic E-state index is -0.810. The summed E-state index contributed by atoms with van der Waals surface area (Å²) in [5.74, 6) is -1.76. The molecule has 108 valence electrons. The Morgan fingerprint density at radius 2 is 1.85 bits per heavy atom. The predicted octanol–water partition coefficient (Wildman–Crippen LogP) is 2.43. The topological polar surface area (TPSA) is 66.4 Å². The molecule has 0 radical (unpaired) electrons. The molecule has 1 aliphatic carbocycles. The summed E-state index contributed by atoms with van der Waals surface area (Å²) in [7, 11) is 0. The van der Waals surface area contributed by atoms with E-state index in [1.807, 2.05) is 0 Å². The average molecular weight is 279 g/mol. The maximum absolute atomic E-state index is 13.5. The number of carboxylic acid groups (broad SMARTS) is 1. The lowest BCUT2D eigenvalue weighted by Crippen LogP contribution is -2.33. The van der Waals surface area contributed by atoms with Crippen LogP contribution >= 0.6 is 0 Å². The number of benzene rings is 1. The molecule has 0 aromatic heterocycles. The maximum atomic E-state index is 13.5. The van der Waals surface area contributed by atoms with Crippen LogP contribution in [0.3, 0.4) is 0 Å². The zero-order valence-corrected chi connectivity index (χ0v) is 11.6. The molecule has 20 heavy (non-hydrogen) atoms. The largest absolute Gasteiger partial charge is 0.481 e. The van der Waals surface area contributed by atoms with E-state index < -0.39 is 5.97 Å². The Morgan fingerprint density at radius 3 is 2.35 bits per heavy atom. The van der Waals surface area contributed by atoms with Gasteiger partial charge in [-0.05, 0) is 56.4 Å². The molecule has 1 fully saturated rings. The Hall–Kier alpha value is -1.91. The van der Waals surface area contributed by atoms with Gasteiger partial charge >= 0.3 is 5.97 Å². The van der Waals surface area contributed by atoms with E-state index in [1.54, 1.807) is 13.8 Å². The summed E-state index contributed by atoms with van der Waals surface area (Å²) in [5, 5.41) is 11.8. The number of carboxylic acids is 1. The lowest BCUT2D eigenvalue weighted by atomic mass is 10.1. The highest BCUT2D eigenvalue weighted by molar-refractivity contribution is 5.94. The second-order valence-electron chi connectivity index (χ2n) is 5.44. The summed E-state index contributed by atoms with van der Waals surface area (Å²) in [5.41, 5.74) is 1.29. The molecule has 2 rings (SSSR count). The van der Waals surface area contributed by atoms with Gasteiger partial charge in [-0.2, -0.15) is 0 Å². The molecule has 4 nitrogen and oxygen atoms in total. The fraction of sp³-hybridized carbons (Fsp3) is 0.467. The number of carbonyl (C=O) groups excluding carboxylic acids is 1. The van der Waals surface area contributed by atoms with Crippen molar-refractivity contribution < 1.29 is 19.1 Å². The van der Waals surface area contributed by atoms with Crippen molar-refractivity contribution in [3.05, 3.63) is 34.6 Å². The maximum Gasteiger partial charge on any atom is 0.306 e. The van der Waals surface area contributed by atoms with E-state index in [9.17, 15) is 14.0 Å². The van der Waals surface area contributed by atoms with Crippen molar-refractivity contribution in [1.29, 1.82) is 0 Å². The number of carbonyl (C=O) groups is 2. The highest BCUT2D eigenvalue weighted by Gasteiger charge is 2.30. The molecule has 0 heterocycles. The van der Waals surface area contributed by atoms with Crippen molar-refractivity contribution in [2.24, 2.45) is 5.92 Å². The van der Waals surface area contributed by atoms with Gasteiger partial charge in [-0.3, -0.25) is 9.59 Å². The molecule has 0 aliphatic heterocycles. The molecule has 1 aromatic rings. The van der Waals surface area contributed by atoms with E-state index in [1.165, 1.54) is 12.1 Å². The standard InChI is InChI=1S/C15H18FNO3/c1-8-5-11(6-9(2)13(8)16)14(18)17-12-4-3-10(7-12)15(19)20/h5-6,10,12H,3-4,7H2,1-2H3,(H,17,18)(H,19,20)/t10-,12+/m1/s1. The number of amides is 1. The molecular weight excluding hydrogens is 261 g/mol. The third kappa shape index (κ3) is 2.98. The number of hydrogen-bond acceptors (Lipinski definition) is 2. The quantitative estimate of drug-likeness (QED) is 0.893. The van der Waals surface area contributed by atoms with Gasteiger partial charge in [0.05, 0.1) is 5.92 Å². The zero-order chi connectivity index (χ0) is 14.9. The molecule has 2 atom stereocenters. The van der Waals surface area contributed by atoms with Crippen molar-refractivity contribution in [1.82, 2.24) is 5.32 Å². The number of halogens is 1. The van der Waals surface area contributed by atoms with Gasteiger partial charge in [-0.25, -0.2) is 4.39 Å². The number of aliphatic carboxylic acids is 1. The first-order valence-corrected chi connectivity index (χ1v) is 6.69. The second-order valence-corrected chi connectivity index (χ2v) is 5.44. The fourth-order valence-electron chi connectivity index (χ4n) is 2.68. The molecule has 0 unspecified atom stereocenters. The van der Waals surface area contributed by atoms with Gasteiger partial charge in [0.1, 0.15) is 5.82 Å². The van der Waals surface area contributed by atoms with Crippen LogP contribution in [0.2, 0.25) is 0 Å². The van der Waals surface area contributed by atoms with Crippen LogP contribution in [-0.2, 0) is 4.79 Å². The Morgan fingerprint density at radius 1 is 1.25 bits per heavy atom. The molecule has 2 N–H and O–H groups in total. The van der Waals surface area contributed by atoms with Crippen LogP contribution in [-0.4, -0.2) is 23.0 Å². The van der Waals surface area contributed by atoms with E-state index >= 15 is 0 Å². The summed E-state index contributed by atoms with van der Waals surface area (Å²) < 4.78 is 13.5. The first kappa shape index (κ1) is 14.5. The van der Waals surface area contributed by atoms with E-state index in [4.69, 9.17) is 5.11 Å². The summed E-state index contributed by atoms with van der Waals surface area (Å²) in [6.07, 6.45) is 1.71. The van der Waals surface area contributed by atoms with Gasteiger partial charge in [-0.1, -0.05) is 0 Å². The van der Waals surface area contributed by atoms with Crippen molar-refractivity contribution in [3.63, 3.8) is 0 Å². The molecule has 5 heteroatoms. The Kier molecular flexibility index (Phi) is 4.06. The van der Waals surface area contributed by atoms with Crippen LogP contribution < -0.4 is 5.32 Å². The smallest absolute Gasteiger partial charge is 0.306 e. The van der Waals surface area contributed by atoms with Crippen LogP contribution in [0, 0.1) is 25.6 Å². The molecule has 0 spiro atoms.